The molecule has 1 aliphatic rings. The van der Waals surface area contributed by atoms with Crippen LogP contribution in [-0.2, 0) is 4.79 Å². The summed E-state index contributed by atoms with van der Waals surface area (Å²) < 4.78 is 0. The molecule has 94 valence electrons. The second-order valence-corrected chi connectivity index (χ2v) is 5.00. The molecule has 3 heteroatoms. The van der Waals surface area contributed by atoms with Crippen molar-refractivity contribution in [1.82, 2.24) is 10.6 Å². The Bertz CT molecular complexity index is 206. The molecule has 0 heterocycles. The molecule has 16 heavy (non-hydrogen) atoms. The number of carbonyl (C=O) groups excluding carboxylic acids is 1. The van der Waals surface area contributed by atoms with Crippen molar-refractivity contribution in [1.29, 1.82) is 0 Å². The lowest BCUT2D eigenvalue weighted by molar-refractivity contribution is -0.122. The number of amides is 1. The molecule has 1 rings (SSSR count). The monoisotopic (exact) mass is 226 g/mol. The molecule has 0 radical (unpaired) electrons. The van der Waals surface area contributed by atoms with E-state index in [1.165, 1.54) is 32.1 Å². The van der Waals surface area contributed by atoms with E-state index >= 15 is 0 Å². The van der Waals surface area contributed by atoms with Gasteiger partial charge in [-0.05, 0) is 38.8 Å². The van der Waals surface area contributed by atoms with Gasteiger partial charge in [-0.3, -0.25) is 4.79 Å². The van der Waals surface area contributed by atoms with E-state index < -0.39 is 0 Å². The van der Waals surface area contributed by atoms with Crippen LogP contribution in [0.25, 0.3) is 0 Å². The maximum Gasteiger partial charge on any atom is 0.220 e. The Morgan fingerprint density at radius 1 is 1.25 bits per heavy atom. The average molecular weight is 226 g/mol. The Balaban J connectivity index is 2.25. The zero-order valence-electron chi connectivity index (χ0n) is 10.7. The molecule has 2 unspecified atom stereocenters. The second-order valence-electron chi connectivity index (χ2n) is 5.00. The molecule has 1 fully saturated rings. The summed E-state index contributed by atoms with van der Waals surface area (Å²) in [5, 5.41) is 6.27. The molecule has 0 bridgehead atoms. The highest BCUT2D eigenvalue weighted by Crippen LogP contribution is 2.22. The molecule has 1 saturated carbocycles. The van der Waals surface area contributed by atoms with Gasteiger partial charge >= 0.3 is 0 Å². The van der Waals surface area contributed by atoms with Gasteiger partial charge in [-0.2, -0.15) is 0 Å². The zero-order valence-corrected chi connectivity index (χ0v) is 10.7. The predicted molar refractivity (Wildman–Crippen MR) is 67.3 cm³/mol. The van der Waals surface area contributed by atoms with Crippen LogP contribution in [0.15, 0.2) is 0 Å². The van der Waals surface area contributed by atoms with Crippen molar-refractivity contribution in [2.45, 2.75) is 57.9 Å². The quantitative estimate of drug-likeness (QED) is 0.556. The highest BCUT2D eigenvalue weighted by atomic mass is 16.1. The third kappa shape index (κ3) is 4.97. The highest BCUT2D eigenvalue weighted by molar-refractivity contribution is 5.76. The van der Waals surface area contributed by atoms with E-state index in [1.54, 1.807) is 0 Å². The summed E-state index contributed by atoms with van der Waals surface area (Å²) in [6.45, 7) is 3.19. The molecular formula is C13H26N2O. The number of hydrogen-bond donors (Lipinski definition) is 2. The van der Waals surface area contributed by atoms with Crippen molar-refractivity contribution < 1.29 is 4.79 Å². The summed E-state index contributed by atoms with van der Waals surface area (Å²) in [6.07, 6.45) is 7.95. The van der Waals surface area contributed by atoms with Crippen molar-refractivity contribution in [2.75, 3.05) is 13.6 Å². The molecule has 1 aliphatic carbocycles. The van der Waals surface area contributed by atoms with Gasteiger partial charge in [0.2, 0.25) is 5.91 Å². The minimum Gasteiger partial charge on any atom is -0.353 e. The van der Waals surface area contributed by atoms with Crippen molar-refractivity contribution in [3.05, 3.63) is 0 Å². The van der Waals surface area contributed by atoms with Crippen LogP contribution in [0.5, 0.6) is 0 Å². The summed E-state index contributed by atoms with van der Waals surface area (Å²) in [7, 11) is 1.92. The zero-order chi connectivity index (χ0) is 11.8. The molecule has 0 aromatic heterocycles. The largest absolute Gasteiger partial charge is 0.353 e. The van der Waals surface area contributed by atoms with Gasteiger partial charge in [-0.1, -0.05) is 26.2 Å². The van der Waals surface area contributed by atoms with Crippen molar-refractivity contribution in [2.24, 2.45) is 5.92 Å². The first-order valence-electron chi connectivity index (χ1n) is 6.68. The van der Waals surface area contributed by atoms with Gasteiger partial charge in [-0.25, -0.2) is 0 Å². The summed E-state index contributed by atoms with van der Waals surface area (Å²) in [5.74, 6) is 0.879. The van der Waals surface area contributed by atoms with E-state index in [2.05, 4.69) is 17.6 Å². The Morgan fingerprint density at radius 2 is 2.00 bits per heavy atom. The van der Waals surface area contributed by atoms with Crippen LogP contribution in [0, 0.1) is 5.92 Å². The van der Waals surface area contributed by atoms with Gasteiger partial charge in [0.15, 0.2) is 0 Å². The normalized spacial score (nSPS) is 26.1. The lowest BCUT2D eigenvalue weighted by atomic mass is 9.97. The summed E-state index contributed by atoms with van der Waals surface area (Å²) in [4.78, 5) is 11.7. The third-order valence-electron chi connectivity index (χ3n) is 3.54. The van der Waals surface area contributed by atoms with Crippen LogP contribution in [0.2, 0.25) is 0 Å². The van der Waals surface area contributed by atoms with Crippen LogP contribution >= 0.6 is 0 Å². The van der Waals surface area contributed by atoms with Gasteiger partial charge in [0.25, 0.3) is 0 Å². The fraction of sp³-hybridized carbons (Fsp3) is 0.923. The van der Waals surface area contributed by atoms with Gasteiger partial charge in [0, 0.05) is 12.5 Å². The molecule has 0 aliphatic heterocycles. The molecule has 0 aromatic rings. The van der Waals surface area contributed by atoms with E-state index in [0.717, 1.165) is 13.0 Å². The Morgan fingerprint density at radius 3 is 2.75 bits per heavy atom. The lowest BCUT2D eigenvalue weighted by Crippen LogP contribution is -2.38. The minimum absolute atomic E-state index is 0.231. The van der Waals surface area contributed by atoms with E-state index in [0.29, 0.717) is 18.4 Å². The Labute approximate surface area is 99.4 Å². The first-order valence-corrected chi connectivity index (χ1v) is 6.68. The standard InChI is InChI=1S/C13H26N2O/c1-11-7-4-3-5-8-12(11)15-13(16)9-6-10-14-2/h11-12,14H,3-10H2,1-2H3,(H,15,16). The summed E-state index contributed by atoms with van der Waals surface area (Å²) in [5.41, 5.74) is 0. The van der Waals surface area contributed by atoms with Crippen LogP contribution in [-0.4, -0.2) is 25.5 Å². The fourth-order valence-corrected chi connectivity index (χ4v) is 2.41. The van der Waals surface area contributed by atoms with Crippen molar-refractivity contribution in [3.63, 3.8) is 0 Å². The van der Waals surface area contributed by atoms with Crippen molar-refractivity contribution in [3.8, 4) is 0 Å². The third-order valence-corrected chi connectivity index (χ3v) is 3.54. The summed E-state index contributed by atoms with van der Waals surface area (Å²) in [6, 6.07) is 0.421. The molecule has 3 nitrogen and oxygen atoms in total. The van der Waals surface area contributed by atoms with Gasteiger partial charge in [0.05, 0.1) is 0 Å². The lowest BCUT2D eigenvalue weighted by Gasteiger charge is -2.22. The fourth-order valence-electron chi connectivity index (χ4n) is 2.41. The number of hydrogen-bond acceptors (Lipinski definition) is 2. The Hall–Kier alpha value is -0.570. The number of carbonyl (C=O) groups is 1. The predicted octanol–water partition coefficient (Wildman–Crippen LogP) is 2.07. The van der Waals surface area contributed by atoms with Crippen LogP contribution in [0.4, 0.5) is 0 Å². The Kier molecular flexibility index (Phi) is 6.46. The average Bonchev–Trinajstić information content (AvgIpc) is 2.45. The molecule has 0 spiro atoms. The molecule has 2 N–H and O–H groups in total. The van der Waals surface area contributed by atoms with Crippen molar-refractivity contribution >= 4 is 5.91 Å². The van der Waals surface area contributed by atoms with Crippen LogP contribution < -0.4 is 10.6 Å². The first kappa shape index (κ1) is 13.5. The summed E-state index contributed by atoms with van der Waals surface area (Å²) >= 11 is 0. The van der Waals surface area contributed by atoms with Gasteiger partial charge in [0.1, 0.15) is 0 Å². The molecule has 2 atom stereocenters. The van der Waals surface area contributed by atoms with Crippen LogP contribution in [0.1, 0.15) is 51.9 Å². The van der Waals surface area contributed by atoms with Crippen LogP contribution in [0.3, 0.4) is 0 Å². The van der Waals surface area contributed by atoms with E-state index in [4.69, 9.17) is 0 Å². The minimum atomic E-state index is 0.231. The first-order chi connectivity index (χ1) is 7.74. The molecular weight excluding hydrogens is 200 g/mol. The molecule has 0 aromatic carbocycles. The van der Waals surface area contributed by atoms with E-state index in [-0.39, 0.29) is 5.91 Å². The smallest absolute Gasteiger partial charge is 0.220 e. The maximum absolute atomic E-state index is 11.7. The number of rotatable bonds is 5. The number of nitrogens with one attached hydrogen (secondary N) is 2. The molecule has 1 amide bonds. The highest BCUT2D eigenvalue weighted by Gasteiger charge is 2.20. The van der Waals surface area contributed by atoms with Gasteiger partial charge in [-0.15, -0.1) is 0 Å². The topological polar surface area (TPSA) is 41.1 Å². The maximum atomic E-state index is 11.7. The van der Waals surface area contributed by atoms with Gasteiger partial charge < -0.3 is 10.6 Å². The van der Waals surface area contributed by atoms with E-state index in [9.17, 15) is 4.79 Å². The van der Waals surface area contributed by atoms with E-state index in [1.807, 2.05) is 7.05 Å². The molecule has 0 saturated heterocycles. The SMILES string of the molecule is CNCCCC(=O)NC1CCCCCC1C. The second kappa shape index (κ2) is 7.66.